The van der Waals surface area contributed by atoms with E-state index in [0.717, 1.165) is 23.8 Å². The van der Waals surface area contributed by atoms with Crippen molar-refractivity contribution < 1.29 is 0 Å². The van der Waals surface area contributed by atoms with E-state index in [2.05, 4.69) is 4.90 Å². The highest BCUT2D eigenvalue weighted by Gasteiger charge is 2.36. The summed E-state index contributed by atoms with van der Waals surface area (Å²) in [5, 5.41) is 0. The topological polar surface area (TPSA) is 29.3 Å². The lowest BCUT2D eigenvalue weighted by molar-refractivity contribution is 0.0565. The Kier molecular flexibility index (Phi) is 4.48. The zero-order chi connectivity index (χ0) is 13.1. The van der Waals surface area contributed by atoms with Crippen LogP contribution in [-0.2, 0) is 0 Å². The van der Waals surface area contributed by atoms with Gasteiger partial charge in [-0.05, 0) is 75.4 Å². The highest BCUT2D eigenvalue weighted by Crippen LogP contribution is 2.45. The maximum absolute atomic E-state index is 5.92. The lowest BCUT2D eigenvalue weighted by Crippen LogP contribution is -2.43. The molecule has 3 rings (SSSR count). The molecule has 2 unspecified atom stereocenters. The van der Waals surface area contributed by atoms with Crippen LogP contribution in [0.4, 0.5) is 0 Å². The SMILES string of the molecule is NCC1CCCC1CN1CCC2(CCCCC2)CC1. The Morgan fingerprint density at radius 2 is 1.53 bits per heavy atom. The van der Waals surface area contributed by atoms with Gasteiger partial charge >= 0.3 is 0 Å². The fraction of sp³-hybridized carbons (Fsp3) is 1.00. The van der Waals surface area contributed by atoms with Gasteiger partial charge in [0.1, 0.15) is 0 Å². The predicted molar refractivity (Wildman–Crippen MR) is 81.1 cm³/mol. The zero-order valence-electron chi connectivity index (χ0n) is 12.6. The summed E-state index contributed by atoms with van der Waals surface area (Å²) in [6, 6.07) is 0. The normalized spacial score (nSPS) is 35.8. The van der Waals surface area contributed by atoms with E-state index in [0.29, 0.717) is 0 Å². The highest BCUT2D eigenvalue weighted by molar-refractivity contribution is 4.90. The minimum absolute atomic E-state index is 0.762. The van der Waals surface area contributed by atoms with Crippen molar-refractivity contribution in [3.63, 3.8) is 0 Å². The molecule has 2 atom stereocenters. The Hall–Kier alpha value is -0.0800. The summed E-state index contributed by atoms with van der Waals surface area (Å²) in [5.41, 5.74) is 6.68. The van der Waals surface area contributed by atoms with Gasteiger partial charge in [0.15, 0.2) is 0 Å². The van der Waals surface area contributed by atoms with Gasteiger partial charge < -0.3 is 10.6 Å². The van der Waals surface area contributed by atoms with Gasteiger partial charge in [0.25, 0.3) is 0 Å². The van der Waals surface area contributed by atoms with Gasteiger partial charge in [-0.15, -0.1) is 0 Å². The molecule has 1 saturated heterocycles. The quantitative estimate of drug-likeness (QED) is 0.846. The van der Waals surface area contributed by atoms with Crippen LogP contribution in [0.25, 0.3) is 0 Å². The summed E-state index contributed by atoms with van der Waals surface area (Å²) in [4.78, 5) is 2.76. The first-order chi connectivity index (χ1) is 9.31. The smallest absolute Gasteiger partial charge is 0.00128 e. The van der Waals surface area contributed by atoms with E-state index in [4.69, 9.17) is 5.73 Å². The molecule has 0 aromatic carbocycles. The fourth-order valence-electron chi connectivity index (χ4n) is 5.01. The van der Waals surface area contributed by atoms with Gasteiger partial charge in [-0.1, -0.05) is 25.7 Å². The van der Waals surface area contributed by atoms with Gasteiger partial charge in [-0.2, -0.15) is 0 Å². The van der Waals surface area contributed by atoms with Crippen LogP contribution in [0.5, 0.6) is 0 Å². The molecule has 0 amide bonds. The molecule has 0 bridgehead atoms. The van der Waals surface area contributed by atoms with Crippen molar-refractivity contribution in [3.05, 3.63) is 0 Å². The minimum atomic E-state index is 0.762. The first kappa shape index (κ1) is 13.9. The van der Waals surface area contributed by atoms with Crippen LogP contribution in [0.3, 0.4) is 0 Å². The summed E-state index contributed by atoms with van der Waals surface area (Å²) < 4.78 is 0. The van der Waals surface area contributed by atoms with Crippen LogP contribution in [0, 0.1) is 17.3 Å². The Morgan fingerprint density at radius 3 is 2.21 bits per heavy atom. The Balaban J connectivity index is 1.47. The van der Waals surface area contributed by atoms with Crippen LogP contribution in [0.15, 0.2) is 0 Å². The molecular formula is C17H32N2. The van der Waals surface area contributed by atoms with E-state index in [1.807, 2.05) is 0 Å². The average molecular weight is 264 g/mol. The third-order valence-electron chi connectivity index (χ3n) is 6.44. The molecule has 1 heterocycles. The Labute approximate surface area is 119 Å². The highest BCUT2D eigenvalue weighted by atomic mass is 15.1. The molecule has 2 aliphatic carbocycles. The van der Waals surface area contributed by atoms with Crippen molar-refractivity contribution in [2.24, 2.45) is 23.0 Å². The summed E-state index contributed by atoms with van der Waals surface area (Å²) in [6.45, 7) is 5.00. The number of hydrogen-bond donors (Lipinski definition) is 1. The molecule has 110 valence electrons. The molecule has 2 N–H and O–H groups in total. The lowest BCUT2D eigenvalue weighted by Gasteiger charge is -2.45. The number of nitrogens with zero attached hydrogens (tertiary/aromatic N) is 1. The van der Waals surface area contributed by atoms with Gasteiger partial charge in [0.05, 0.1) is 0 Å². The van der Waals surface area contributed by atoms with Crippen molar-refractivity contribution in [1.82, 2.24) is 4.90 Å². The van der Waals surface area contributed by atoms with Crippen molar-refractivity contribution in [2.45, 2.75) is 64.2 Å². The van der Waals surface area contributed by atoms with E-state index < -0.39 is 0 Å². The van der Waals surface area contributed by atoms with E-state index in [-0.39, 0.29) is 0 Å². The van der Waals surface area contributed by atoms with Crippen LogP contribution >= 0.6 is 0 Å². The molecule has 19 heavy (non-hydrogen) atoms. The van der Waals surface area contributed by atoms with Crippen LogP contribution in [-0.4, -0.2) is 31.1 Å². The summed E-state index contributed by atoms with van der Waals surface area (Å²) >= 11 is 0. The average Bonchev–Trinajstić information content (AvgIpc) is 2.90. The summed E-state index contributed by atoms with van der Waals surface area (Å²) in [7, 11) is 0. The van der Waals surface area contributed by atoms with E-state index >= 15 is 0 Å². The molecule has 2 nitrogen and oxygen atoms in total. The molecule has 1 spiro atoms. The molecule has 0 aromatic rings. The molecule has 3 aliphatic rings. The van der Waals surface area contributed by atoms with Crippen molar-refractivity contribution in [2.75, 3.05) is 26.2 Å². The third kappa shape index (κ3) is 3.16. The van der Waals surface area contributed by atoms with Gasteiger partial charge in [0, 0.05) is 6.54 Å². The first-order valence-electron chi connectivity index (χ1n) is 8.74. The van der Waals surface area contributed by atoms with Crippen molar-refractivity contribution in [1.29, 1.82) is 0 Å². The van der Waals surface area contributed by atoms with E-state index in [9.17, 15) is 0 Å². The van der Waals surface area contributed by atoms with Crippen LogP contribution in [0.2, 0.25) is 0 Å². The summed E-state index contributed by atoms with van der Waals surface area (Å²) in [5.74, 6) is 1.73. The van der Waals surface area contributed by atoms with Crippen molar-refractivity contribution in [3.8, 4) is 0 Å². The minimum Gasteiger partial charge on any atom is -0.330 e. The van der Waals surface area contributed by atoms with Gasteiger partial charge in [-0.25, -0.2) is 0 Å². The number of piperidine rings is 1. The standard InChI is InChI=1S/C17H32N2/c18-13-15-5-4-6-16(15)14-19-11-9-17(10-12-19)7-2-1-3-8-17/h15-16H,1-14,18H2. The van der Waals surface area contributed by atoms with Crippen LogP contribution in [0.1, 0.15) is 64.2 Å². The molecule has 3 fully saturated rings. The number of likely N-dealkylation sites (tertiary alicyclic amines) is 1. The Bertz CT molecular complexity index is 273. The third-order valence-corrected chi connectivity index (χ3v) is 6.44. The zero-order valence-corrected chi connectivity index (χ0v) is 12.6. The molecule has 0 aromatic heterocycles. The first-order valence-corrected chi connectivity index (χ1v) is 8.74. The fourth-order valence-corrected chi connectivity index (χ4v) is 5.01. The molecular weight excluding hydrogens is 232 g/mol. The largest absolute Gasteiger partial charge is 0.330 e. The maximum atomic E-state index is 5.92. The second kappa shape index (κ2) is 6.13. The monoisotopic (exact) mass is 264 g/mol. The molecule has 0 radical (unpaired) electrons. The number of rotatable bonds is 3. The Morgan fingerprint density at radius 1 is 0.842 bits per heavy atom. The second-order valence-corrected chi connectivity index (χ2v) is 7.55. The second-order valence-electron chi connectivity index (χ2n) is 7.55. The molecule has 2 heteroatoms. The van der Waals surface area contributed by atoms with Crippen molar-refractivity contribution >= 4 is 0 Å². The molecule has 1 aliphatic heterocycles. The van der Waals surface area contributed by atoms with Gasteiger partial charge in [0.2, 0.25) is 0 Å². The number of hydrogen-bond acceptors (Lipinski definition) is 2. The lowest BCUT2D eigenvalue weighted by atomic mass is 9.68. The molecule has 2 saturated carbocycles. The van der Waals surface area contributed by atoms with Gasteiger partial charge in [-0.3, -0.25) is 0 Å². The van der Waals surface area contributed by atoms with E-state index in [1.54, 1.807) is 0 Å². The number of nitrogens with two attached hydrogens (primary N) is 1. The maximum Gasteiger partial charge on any atom is 0.00128 e. The summed E-state index contributed by atoms with van der Waals surface area (Å²) in [6.07, 6.45) is 14.7. The predicted octanol–water partition coefficient (Wildman–Crippen LogP) is 3.41. The van der Waals surface area contributed by atoms with E-state index in [1.165, 1.54) is 83.8 Å². The van der Waals surface area contributed by atoms with Crippen LogP contribution < -0.4 is 5.73 Å².